The third-order valence-electron chi connectivity index (χ3n) is 5.76. The summed E-state index contributed by atoms with van der Waals surface area (Å²) in [5.41, 5.74) is 0. The lowest BCUT2D eigenvalue weighted by molar-refractivity contribution is 0.253. The van der Waals surface area contributed by atoms with Gasteiger partial charge in [-0.1, -0.05) is 73.0 Å². The van der Waals surface area contributed by atoms with E-state index in [1.165, 1.54) is 83.5 Å². The van der Waals surface area contributed by atoms with Gasteiger partial charge in [0.2, 0.25) is 7.28 Å². The van der Waals surface area contributed by atoms with Crippen molar-refractivity contribution in [1.82, 2.24) is 10.4 Å². The molecule has 23 heavy (non-hydrogen) atoms. The molecule has 0 aromatic carbocycles. The average molecular weight is 338 g/mol. The number of carbonyl (C=O) groups is 1. The quantitative estimate of drug-likeness (QED) is 0.584. The van der Waals surface area contributed by atoms with Crippen LogP contribution in [0, 0.1) is 0 Å². The van der Waals surface area contributed by atoms with E-state index < -0.39 is 0 Å². The Morgan fingerprint density at radius 3 is 1.96 bits per heavy atom. The summed E-state index contributed by atoms with van der Waals surface area (Å²) in [6, 6.07) is 1.06. The van der Waals surface area contributed by atoms with Gasteiger partial charge < -0.3 is 5.32 Å². The zero-order chi connectivity index (χ0) is 16.3. The summed E-state index contributed by atoms with van der Waals surface area (Å²) < 4.78 is 0. The molecule has 3 atom stereocenters. The van der Waals surface area contributed by atoms with Gasteiger partial charge in [0.15, 0.2) is 5.81 Å². The molecule has 2 aliphatic rings. The molecule has 2 aliphatic carbocycles. The van der Waals surface area contributed by atoms with Crippen LogP contribution in [0.3, 0.4) is 0 Å². The van der Waals surface area contributed by atoms with E-state index in [9.17, 15) is 4.79 Å². The normalized spacial score (nSPS) is 28.6. The molecule has 2 fully saturated rings. The Morgan fingerprint density at radius 2 is 1.26 bits per heavy atom. The van der Waals surface area contributed by atoms with Crippen LogP contribution in [0.2, 0.25) is 5.82 Å². The largest absolute Gasteiger partial charge is 0.362 e. The van der Waals surface area contributed by atoms with E-state index >= 15 is 0 Å². The molecular formula is C18H36BN2OP. The van der Waals surface area contributed by atoms with Crippen molar-refractivity contribution in [3.05, 3.63) is 0 Å². The number of hydrogen-bond donors (Lipinski definition) is 2. The zero-order valence-corrected chi connectivity index (χ0v) is 16.0. The second-order valence-corrected chi connectivity index (χ2v) is 8.09. The number of rotatable bonds is 4. The van der Waals surface area contributed by atoms with Crippen LogP contribution in [-0.2, 0) is 0 Å². The standard InChI is InChI=1S/C18H36BN2OP/c22-18(19-15-9-4-2-1-3-5-10-15)20-16-11-6-7-12-17(21-23)14-8-13-16/h15-17,19,21H,1-14,23H2,(H,20,22). The minimum absolute atomic E-state index is 0.320. The molecule has 2 saturated carbocycles. The second kappa shape index (κ2) is 11.5. The molecule has 5 heteroatoms. The number of amides is 1. The monoisotopic (exact) mass is 338 g/mol. The van der Waals surface area contributed by atoms with Crippen LogP contribution < -0.4 is 10.4 Å². The van der Waals surface area contributed by atoms with Crippen molar-refractivity contribution in [3.63, 3.8) is 0 Å². The molecule has 3 nitrogen and oxygen atoms in total. The van der Waals surface area contributed by atoms with Crippen molar-refractivity contribution in [2.75, 3.05) is 0 Å². The first-order valence-electron chi connectivity index (χ1n) is 10.0. The fraction of sp³-hybridized carbons (Fsp3) is 0.944. The maximum atomic E-state index is 12.5. The molecule has 2 rings (SSSR count). The number of hydrogen-bond acceptors (Lipinski definition) is 2. The van der Waals surface area contributed by atoms with E-state index in [1.807, 2.05) is 0 Å². The Bertz CT molecular complexity index is 335. The highest BCUT2D eigenvalue weighted by Gasteiger charge is 2.20. The summed E-state index contributed by atoms with van der Waals surface area (Å²) in [5, 5.41) is 6.72. The minimum atomic E-state index is 0.320. The Hall–Kier alpha value is -0.0751. The molecule has 132 valence electrons. The molecular weight excluding hydrogens is 302 g/mol. The molecule has 2 N–H and O–H groups in total. The van der Waals surface area contributed by atoms with Crippen LogP contribution in [-0.4, -0.2) is 25.2 Å². The van der Waals surface area contributed by atoms with Crippen LogP contribution in [0.15, 0.2) is 0 Å². The maximum Gasteiger partial charge on any atom is 0.237 e. The van der Waals surface area contributed by atoms with E-state index in [4.69, 9.17) is 0 Å². The molecule has 0 saturated heterocycles. The molecule has 0 radical (unpaired) electrons. The van der Waals surface area contributed by atoms with Crippen molar-refractivity contribution >= 4 is 22.5 Å². The van der Waals surface area contributed by atoms with E-state index in [-0.39, 0.29) is 0 Å². The Morgan fingerprint density at radius 1 is 0.739 bits per heavy atom. The van der Waals surface area contributed by atoms with Gasteiger partial charge in [0.1, 0.15) is 0 Å². The van der Waals surface area contributed by atoms with Crippen molar-refractivity contribution < 1.29 is 4.79 Å². The summed E-state index contributed by atoms with van der Waals surface area (Å²) in [4.78, 5) is 12.5. The molecule has 1 amide bonds. The third-order valence-corrected chi connectivity index (χ3v) is 6.23. The van der Waals surface area contributed by atoms with Crippen molar-refractivity contribution in [2.24, 2.45) is 0 Å². The zero-order valence-electron chi connectivity index (χ0n) is 14.8. The van der Waals surface area contributed by atoms with Crippen LogP contribution in [0.4, 0.5) is 4.79 Å². The van der Waals surface area contributed by atoms with Crippen molar-refractivity contribution in [1.29, 1.82) is 0 Å². The summed E-state index contributed by atoms with van der Waals surface area (Å²) in [7, 11) is 3.44. The summed E-state index contributed by atoms with van der Waals surface area (Å²) >= 11 is 0. The van der Waals surface area contributed by atoms with Crippen LogP contribution >= 0.6 is 9.39 Å². The van der Waals surface area contributed by atoms with Crippen LogP contribution in [0.1, 0.15) is 89.9 Å². The van der Waals surface area contributed by atoms with Gasteiger partial charge in [-0.25, -0.2) is 0 Å². The van der Waals surface area contributed by atoms with Gasteiger partial charge in [0.05, 0.1) is 0 Å². The van der Waals surface area contributed by atoms with E-state index in [1.54, 1.807) is 0 Å². The van der Waals surface area contributed by atoms with Gasteiger partial charge in [-0.3, -0.25) is 9.88 Å². The lowest BCUT2D eigenvalue weighted by Crippen LogP contribution is -2.38. The van der Waals surface area contributed by atoms with Gasteiger partial charge >= 0.3 is 0 Å². The Labute approximate surface area is 146 Å². The second-order valence-electron chi connectivity index (χ2n) is 7.76. The predicted octanol–water partition coefficient (Wildman–Crippen LogP) is 4.53. The number of carbonyl (C=O) groups excluding carboxylic acids is 1. The smallest absolute Gasteiger partial charge is 0.237 e. The SMILES string of the molecule is O=C(BC1CCCCCCC1)NC1CCCCC(NP)CCC1. The highest BCUT2D eigenvalue weighted by Crippen LogP contribution is 2.26. The van der Waals surface area contributed by atoms with E-state index in [0.717, 1.165) is 13.7 Å². The first kappa shape index (κ1) is 19.3. The predicted molar refractivity (Wildman–Crippen MR) is 104 cm³/mol. The first-order valence-corrected chi connectivity index (χ1v) is 10.6. The van der Waals surface area contributed by atoms with Gasteiger partial charge in [-0.15, -0.1) is 0 Å². The lowest BCUT2D eigenvalue weighted by atomic mass is 9.59. The lowest BCUT2D eigenvalue weighted by Gasteiger charge is -2.21. The maximum absolute atomic E-state index is 12.5. The molecule has 0 bridgehead atoms. The third kappa shape index (κ3) is 8.03. The highest BCUT2D eigenvalue weighted by molar-refractivity contribution is 7.13. The topological polar surface area (TPSA) is 41.1 Å². The van der Waals surface area contributed by atoms with Gasteiger partial charge in [-0.05, 0) is 32.1 Å². The molecule has 0 aromatic heterocycles. The Kier molecular flexibility index (Phi) is 9.60. The van der Waals surface area contributed by atoms with E-state index in [2.05, 4.69) is 19.8 Å². The molecule has 0 aliphatic heterocycles. The fourth-order valence-corrected chi connectivity index (χ4v) is 4.62. The van der Waals surface area contributed by atoms with Crippen LogP contribution in [0.5, 0.6) is 0 Å². The minimum Gasteiger partial charge on any atom is -0.362 e. The summed E-state index contributed by atoms with van der Waals surface area (Å²) in [6.45, 7) is 0. The molecule has 0 heterocycles. The highest BCUT2D eigenvalue weighted by atomic mass is 31.0. The number of nitrogens with one attached hydrogen (secondary N) is 2. The fourth-order valence-electron chi connectivity index (χ4n) is 4.29. The Balaban J connectivity index is 1.72. The first-order chi connectivity index (χ1) is 11.3. The molecule has 3 unspecified atom stereocenters. The van der Waals surface area contributed by atoms with Crippen molar-refractivity contribution in [2.45, 2.75) is 108 Å². The summed E-state index contributed by atoms with van der Waals surface area (Å²) in [6.07, 6.45) is 17.9. The molecule has 0 spiro atoms. The summed E-state index contributed by atoms with van der Waals surface area (Å²) in [5.74, 6) is 0.956. The van der Waals surface area contributed by atoms with Gasteiger partial charge in [0, 0.05) is 12.1 Å². The van der Waals surface area contributed by atoms with E-state index in [0.29, 0.717) is 23.7 Å². The van der Waals surface area contributed by atoms with Gasteiger partial charge in [0.25, 0.3) is 0 Å². The van der Waals surface area contributed by atoms with Gasteiger partial charge in [-0.2, -0.15) is 0 Å². The molecule has 0 aromatic rings. The van der Waals surface area contributed by atoms with Crippen molar-refractivity contribution in [3.8, 4) is 0 Å². The van der Waals surface area contributed by atoms with Crippen LogP contribution in [0.25, 0.3) is 0 Å². The average Bonchev–Trinajstić information content (AvgIpc) is 2.62.